The predicted octanol–water partition coefficient (Wildman–Crippen LogP) is 3.23. The van der Waals surface area contributed by atoms with E-state index < -0.39 is 0 Å². The van der Waals surface area contributed by atoms with Crippen LogP contribution in [0.15, 0.2) is 60.9 Å². The largest absolute Gasteiger partial charge is 0.496 e. The van der Waals surface area contributed by atoms with Crippen molar-refractivity contribution >= 4 is 0 Å². The number of halogens is 1. The van der Waals surface area contributed by atoms with E-state index in [2.05, 4.69) is 33.6 Å². The van der Waals surface area contributed by atoms with Gasteiger partial charge in [-0.05, 0) is 23.8 Å². The predicted molar refractivity (Wildman–Crippen MR) is 107 cm³/mol. The second-order valence-electron chi connectivity index (χ2n) is 7.10. The number of nitrogens with one attached hydrogen (secondary N) is 1. The van der Waals surface area contributed by atoms with E-state index in [9.17, 15) is 4.39 Å². The number of benzene rings is 2. The zero-order chi connectivity index (χ0) is 19.3. The van der Waals surface area contributed by atoms with Gasteiger partial charge in [-0.15, -0.1) is 0 Å². The molecule has 1 atom stereocenters. The molecule has 0 bridgehead atoms. The molecular weight excluding hydrogens is 355 g/mol. The summed E-state index contributed by atoms with van der Waals surface area (Å²) < 4.78 is 20.6. The van der Waals surface area contributed by atoms with Crippen molar-refractivity contribution in [3.8, 4) is 5.75 Å². The number of rotatable bonds is 6. The molecular formula is C22H25FN4O. The minimum Gasteiger partial charge on any atom is -0.496 e. The Balaban J connectivity index is 1.48. The van der Waals surface area contributed by atoms with E-state index in [4.69, 9.17) is 4.74 Å². The highest BCUT2D eigenvalue weighted by Crippen LogP contribution is 2.31. The van der Waals surface area contributed by atoms with Crippen molar-refractivity contribution in [1.82, 2.24) is 20.0 Å². The van der Waals surface area contributed by atoms with Gasteiger partial charge in [0.25, 0.3) is 0 Å². The Morgan fingerprint density at radius 2 is 1.93 bits per heavy atom. The van der Waals surface area contributed by atoms with Crippen LogP contribution >= 0.6 is 0 Å². The Morgan fingerprint density at radius 3 is 2.75 bits per heavy atom. The first-order valence-corrected chi connectivity index (χ1v) is 9.56. The molecule has 146 valence electrons. The molecule has 0 amide bonds. The molecule has 1 aliphatic rings. The number of nitrogens with zero attached hydrogens (tertiary/aromatic N) is 3. The van der Waals surface area contributed by atoms with Gasteiger partial charge in [0.15, 0.2) is 0 Å². The molecule has 0 spiro atoms. The van der Waals surface area contributed by atoms with Crippen LogP contribution in [0.4, 0.5) is 4.39 Å². The van der Waals surface area contributed by atoms with E-state index in [1.54, 1.807) is 19.2 Å². The zero-order valence-electron chi connectivity index (χ0n) is 16.0. The highest BCUT2D eigenvalue weighted by molar-refractivity contribution is 5.36. The third-order valence-corrected chi connectivity index (χ3v) is 5.18. The highest BCUT2D eigenvalue weighted by Gasteiger charge is 2.26. The quantitative estimate of drug-likeness (QED) is 0.713. The normalized spacial score (nSPS) is 17.6. The second kappa shape index (κ2) is 8.54. The van der Waals surface area contributed by atoms with Gasteiger partial charge in [0, 0.05) is 43.5 Å². The summed E-state index contributed by atoms with van der Waals surface area (Å²) in [7, 11) is 1.72. The first kappa shape index (κ1) is 18.7. The van der Waals surface area contributed by atoms with Gasteiger partial charge in [0.05, 0.1) is 25.9 Å². The zero-order valence-corrected chi connectivity index (χ0v) is 16.0. The summed E-state index contributed by atoms with van der Waals surface area (Å²) in [6.45, 7) is 4.29. The number of aromatic nitrogens is 2. The molecule has 5 nitrogen and oxygen atoms in total. The van der Waals surface area contributed by atoms with Crippen LogP contribution in [-0.2, 0) is 13.1 Å². The molecule has 28 heavy (non-hydrogen) atoms. The molecule has 0 radical (unpaired) electrons. The minimum absolute atomic E-state index is 0.217. The molecule has 1 fully saturated rings. The maximum atomic E-state index is 13.1. The van der Waals surface area contributed by atoms with Gasteiger partial charge in [-0.2, -0.15) is 5.10 Å². The van der Waals surface area contributed by atoms with E-state index in [0.29, 0.717) is 6.54 Å². The van der Waals surface area contributed by atoms with Crippen LogP contribution in [0.3, 0.4) is 0 Å². The fraction of sp³-hybridized carbons (Fsp3) is 0.318. The number of hydrogen-bond donors (Lipinski definition) is 1. The number of methoxy groups -OCH3 is 1. The fourth-order valence-electron chi connectivity index (χ4n) is 3.77. The van der Waals surface area contributed by atoms with E-state index in [1.165, 1.54) is 23.3 Å². The van der Waals surface area contributed by atoms with Crippen molar-refractivity contribution in [3.05, 3.63) is 83.4 Å². The molecule has 1 N–H and O–H groups in total. The van der Waals surface area contributed by atoms with Gasteiger partial charge in [-0.25, -0.2) is 4.39 Å². The molecule has 1 aromatic heterocycles. The molecule has 1 aliphatic heterocycles. The summed E-state index contributed by atoms with van der Waals surface area (Å²) >= 11 is 0. The Hall–Kier alpha value is -2.70. The monoisotopic (exact) mass is 380 g/mol. The van der Waals surface area contributed by atoms with Gasteiger partial charge in [0.2, 0.25) is 0 Å². The Bertz CT molecular complexity index is 909. The second-order valence-corrected chi connectivity index (χ2v) is 7.10. The molecule has 6 heteroatoms. The lowest BCUT2D eigenvalue weighted by Gasteiger charge is -2.36. The third kappa shape index (κ3) is 4.24. The minimum atomic E-state index is -0.217. The smallest absolute Gasteiger partial charge is 0.123 e. The SMILES string of the molecule is COc1ccccc1C1CNCCN1Cc1cnn(Cc2ccc(F)cc2)c1. The van der Waals surface area contributed by atoms with Gasteiger partial charge in [-0.3, -0.25) is 9.58 Å². The molecule has 2 aromatic carbocycles. The highest BCUT2D eigenvalue weighted by atomic mass is 19.1. The van der Waals surface area contributed by atoms with E-state index >= 15 is 0 Å². The van der Waals surface area contributed by atoms with Crippen molar-refractivity contribution < 1.29 is 9.13 Å². The fourth-order valence-corrected chi connectivity index (χ4v) is 3.77. The Morgan fingerprint density at radius 1 is 1.11 bits per heavy atom. The summed E-state index contributed by atoms with van der Waals surface area (Å²) in [5.74, 6) is 0.708. The van der Waals surface area contributed by atoms with Crippen LogP contribution in [0.1, 0.15) is 22.7 Å². The van der Waals surface area contributed by atoms with Crippen molar-refractivity contribution in [2.24, 2.45) is 0 Å². The van der Waals surface area contributed by atoms with E-state index in [0.717, 1.165) is 37.5 Å². The first-order valence-electron chi connectivity index (χ1n) is 9.56. The van der Waals surface area contributed by atoms with Crippen molar-refractivity contribution in [3.63, 3.8) is 0 Å². The van der Waals surface area contributed by atoms with Crippen molar-refractivity contribution in [1.29, 1.82) is 0 Å². The summed E-state index contributed by atoms with van der Waals surface area (Å²) in [6, 6.07) is 15.0. The summed E-state index contributed by atoms with van der Waals surface area (Å²) in [5, 5.41) is 7.98. The number of piperazine rings is 1. The Labute approximate surface area is 164 Å². The summed E-state index contributed by atoms with van der Waals surface area (Å²) in [4.78, 5) is 2.47. The maximum Gasteiger partial charge on any atom is 0.123 e. The van der Waals surface area contributed by atoms with Crippen LogP contribution in [0, 0.1) is 5.82 Å². The molecule has 0 aliphatic carbocycles. The first-order chi connectivity index (χ1) is 13.7. The summed E-state index contributed by atoms with van der Waals surface area (Å²) in [6.07, 6.45) is 4.00. The van der Waals surface area contributed by atoms with Crippen LogP contribution in [-0.4, -0.2) is 41.4 Å². The standard InChI is InChI=1S/C22H25FN4O/c1-28-22-5-3-2-4-20(22)21-13-24-10-11-26(21)14-18-12-25-27(16-18)15-17-6-8-19(23)9-7-17/h2-9,12,16,21,24H,10-11,13-15H2,1H3. The lowest BCUT2D eigenvalue weighted by atomic mass is 10.0. The molecule has 2 heterocycles. The number of para-hydroxylation sites is 1. The molecule has 4 rings (SSSR count). The molecule has 3 aromatic rings. The molecule has 1 saturated heterocycles. The Kier molecular flexibility index (Phi) is 5.69. The van der Waals surface area contributed by atoms with E-state index in [-0.39, 0.29) is 11.9 Å². The average molecular weight is 380 g/mol. The van der Waals surface area contributed by atoms with Gasteiger partial charge < -0.3 is 10.1 Å². The summed E-state index contributed by atoms with van der Waals surface area (Å²) in [5.41, 5.74) is 3.41. The van der Waals surface area contributed by atoms with Crippen molar-refractivity contribution in [2.75, 3.05) is 26.7 Å². The van der Waals surface area contributed by atoms with Gasteiger partial charge in [0.1, 0.15) is 11.6 Å². The molecule has 0 saturated carbocycles. The van der Waals surface area contributed by atoms with E-state index in [1.807, 2.05) is 23.0 Å². The van der Waals surface area contributed by atoms with Gasteiger partial charge in [-0.1, -0.05) is 30.3 Å². The third-order valence-electron chi connectivity index (χ3n) is 5.18. The van der Waals surface area contributed by atoms with Crippen LogP contribution in [0.5, 0.6) is 5.75 Å². The maximum absolute atomic E-state index is 13.1. The lowest BCUT2D eigenvalue weighted by molar-refractivity contribution is 0.151. The average Bonchev–Trinajstić information content (AvgIpc) is 3.17. The van der Waals surface area contributed by atoms with Crippen LogP contribution in [0.25, 0.3) is 0 Å². The van der Waals surface area contributed by atoms with Crippen LogP contribution in [0.2, 0.25) is 0 Å². The number of hydrogen-bond acceptors (Lipinski definition) is 4. The number of ether oxygens (including phenoxy) is 1. The van der Waals surface area contributed by atoms with Gasteiger partial charge >= 0.3 is 0 Å². The lowest BCUT2D eigenvalue weighted by Crippen LogP contribution is -2.45. The topological polar surface area (TPSA) is 42.3 Å². The van der Waals surface area contributed by atoms with Crippen molar-refractivity contribution in [2.45, 2.75) is 19.1 Å². The molecule has 1 unspecified atom stereocenters. The van der Waals surface area contributed by atoms with Crippen LogP contribution < -0.4 is 10.1 Å².